The van der Waals surface area contributed by atoms with Crippen molar-refractivity contribution >= 4 is 23.2 Å². The van der Waals surface area contributed by atoms with E-state index in [0.29, 0.717) is 11.4 Å². The lowest BCUT2D eigenvalue weighted by Gasteiger charge is -2.26. The summed E-state index contributed by atoms with van der Waals surface area (Å²) in [5.41, 5.74) is 0. The van der Waals surface area contributed by atoms with Crippen molar-refractivity contribution in [2.24, 2.45) is 0 Å². The summed E-state index contributed by atoms with van der Waals surface area (Å²) < 4.78 is 0. The van der Waals surface area contributed by atoms with Gasteiger partial charge in [-0.2, -0.15) is 0 Å². The van der Waals surface area contributed by atoms with E-state index in [1.807, 2.05) is 20.8 Å². The molecule has 0 saturated heterocycles. The number of rotatable bonds is 5. The van der Waals surface area contributed by atoms with E-state index in [9.17, 15) is 9.59 Å². The second-order valence-corrected chi connectivity index (χ2v) is 4.90. The molecule has 0 saturated carbocycles. The molecule has 1 unspecified atom stereocenters. The SMILES string of the molecule is CCC(C)N(CC)C(=O)c1ccc(C(=O)O)s1. The molecule has 1 heterocycles. The molecule has 0 bridgehead atoms. The van der Waals surface area contributed by atoms with E-state index >= 15 is 0 Å². The Kier molecular flexibility index (Phi) is 4.69. The second-order valence-electron chi connectivity index (χ2n) is 3.82. The molecule has 94 valence electrons. The third-order valence-corrected chi connectivity index (χ3v) is 3.81. The van der Waals surface area contributed by atoms with Gasteiger partial charge in [0.15, 0.2) is 0 Å². The van der Waals surface area contributed by atoms with Crippen molar-refractivity contribution < 1.29 is 14.7 Å². The van der Waals surface area contributed by atoms with Crippen molar-refractivity contribution in [3.63, 3.8) is 0 Å². The van der Waals surface area contributed by atoms with Crippen molar-refractivity contribution in [2.45, 2.75) is 33.2 Å². The fraction of sp³-hybridized carbons (Fsp3) is 0.500. The lowest BCUT2D eigenvalue weighted by Crippen LogP contribution is -2.37. The van der Waals surface area contributed by atoms with Crippen molar-refractivity contribution in [3.8, 4) is 0 Å². The maximum atomic E-state index is 12.2. The number of amides is 1. The van der Waals surface area contributed by atoms with E-state index in [1.54, 1.807) is 11.0 Å². The lowest BCUT2D eigenvalue weighted by molar-refractivity contribution is 0.0696. The molecule has 0 aliphatic carbocycles. The average Bonchev–Trinajstić information content (AvgIpc) is 2.78. The van der Waals surface area contributed by atoms with Crippen LogP contribution in [0.5, 0.6) is 0 Å². The molecule has 0 fully saturated rings. The first kappa shape index (κ1) is 13.7. The average molecular weight is 255 g/mol. The molecule has 1 N–H and O–H groups in total. The summed E-state index contributed by atoms with van der Waals surface area (Å²) in [5.74, 6) is -1.07. The van der Waals surface area contributed by atoms with Gasteiger partial charge in [-0.05, 0) is 32.4 Å². The highest BCUT2D eigenvalue weighted by molar-refractivity contribution is 7.15. The summed E-state index contributed by atoms with van der Waals surface area (Å²) in [5, 5.41) is 8.82. The normalized spacial score (nSPS) is 12.2. The van der Waals surface area contributed by atoms with Gasteiger partial charge in [0, 0.05) is 12.6 Å². The van der Waals surface area contributed by atoms with Crippen LogP contribution in [0.25, 0.3) is 0 Å². The topological polar surface area (TPSA) is 57.6 Å². The highest BCUT2D eigenvalue weighted by Gasteiger charge is 2.21. The molecule has 1 amide bonds. The standard InChI is InChI=1S/C12H17NO3S/c1-4-8(3)13(5-2)11(14)9-6-7-10(17-9)12(15)16/h6-8H,4-5H2,1-3H3,(H,15,16). The Morgan fingerprint density at radius 3 is 2.35 bits per heavy atom. The summed E-state index contributed by atoms with van der Waals surface area (Å²) in [6.07, 6.45) is 0.886. The Hall–Kier alpha value is -1.36. The van der Waals surface area contributed by atoms with E-state index in [0.717, 1.165) is 17.8 Å². The molecular formula is C12H17NO3S. The summed E-state index contributed by atoms with van der Waals surface area (Å²) in [7, 11) is 0. The minimum absolute atomic E-state index is 0.0839. The molecule has 0 aliphatic rings. The van der Waals surface area contributed by atoms with Gasteiger partial charge < -0.3 is 10.0 Å². The predicted octanol–water partition coefficient (Wildman–Crippen LogP) is 2.71. The summed E-state index contributed by atoms with van der Waals surface area (Å²) >= 11 is 1.03. The summed E-state index contributed by atoms with van der Waals surface area (Å²) in [6, 6.07) is 3.23. The number of carboxylic acids is 1. The number of hydrogen-bond acceptors (Lipinski definition) is 3. The largest absolute Gasteiger partial charge is 0.477 e. The molecule has 1 rings (SSSR count). The van der Waals surface area contributed by atoms with Gasteiger partial charge in [0.2, 0.25) is 0 Å². The van der Waals surface area contributed by atoms with Gasteiger partial charge in [0.25, 0.3) is 5.91 Å². The van der Waals surface area contributed by atoms with Crippen molar-refractivity contribution in [1.82, 2.24) is 4.90 Å². The molecule has 1 atom stereocenters. The minimum Gasteiger partial charge on any atom is -0.477 e. The Labute approximate surface area is 105 Å². The molecule has 4 nitrogen and oxygen atoms in total. The van der Waals surface area contributed by atoms with Crippen LogP contribution in [0, 0.1) is 0 Å². The first-order chi connectivity index (χ1) is 8.01. The van der Waals surface area contributed by atoms with Crippen LogP contribution < -0.4 is 0 Å². The van der Waals surface area contributed by atoms with Gasteiger partial charge >= 0.3 is 5.97 Å². The molecule has 0 radical (unpaired) electrons. The molecule has 0 spiro atoms. The molecule has 1 aromatic heterocycles. The fourth-order valence-corrected chi connectivity index (χ4v) is 2.39. The summed E-state index contributed by atoms with van der Waals surface area (Å²) in [6.45, 7) is 6.58. The summed E-state index contributed by atoms with van der Waals surface area (Å²) in [4.78, 5) is 25.4. The van der Waals surface area contributed by atoms with Crippen molar-refractivity contribution in [1.29, 1.82) is 0 Å². The van der Waals surface area contributed by atoms with Crippen LogP contribution in [0.2, 0.25) is 0 Å². The van der Waals surface area contributed by atoms with Gasteiger partial charge in [-0.1, -0.05) is 6.92 Å². The van der Waals surface area contributed by atoms with E-state index in [-0.39, 0.29) is 16.8 Å². The van der Waals surface area contributed by atoms with Crippen LogP contribution in [-0.4, -0.2) is 34.5 Å². The van der Waals surface area contributed by atoms with Crippen LogP contribution in [0.3, 0.4) is 0 Å². The van der Waals surface area contributed by atoms with Crippen molar-refractivity contribution in [2.75, 3.05) is 6.54 Å². The number of carboxylic acid groups (broad SMARTS) is 1. The quantitative estimate of drug-likeness (QED) is 0.880. The number of hydrogen-bond donors (Lipinski definition) is 1. The van der Waals surface area contributed by atoms with Crippen LogP contribution >= 0.6 is 11.3 Å². The Bertz CT molecular complexity index is 414. The maximum absolute atomic E-state index is 12.2. The van der Waals surface area contributed by atoms with Gasteiger partial charge in [-0.3, -0.25) is 4.79 Å². The van der Waals surface area contributed by atoms with E-state index in [1.165, 1.54) is 6.07 Å². The molecular weight excluding hydrogens is 238 g/mol. The first-order valence-corrected chi connectivity index (χ1v) is 6.47. The Morgan fingerprint density at radius 2 is 1.94 bits per heavy atom. The number of nitrogens with zero attached hydrogens (tertiary/aromatic N) is 1. The molecule has 17 heavy (non-hydrogen) atoms. The fourth-order valence-electron chi connectivity index (χ4n) is 1.59. The minimum atomic E-state index is -0.986. The molecule has 0 aromatic carbocycles. The zero-order valence-corrected chi connectivity index (χ0v) is 11.1. The zero-order chi connectivity index (χ0) is 13.0. The van der Waals surface area contributed by atoms with Gasteiger partial charge in [-0.25, -0.2) is 4.79 Å². The Balaban J connectivity index is 2.90. The molecule has 5 heteroatoms. The van der Waals surface area contributed by atoms with E-state index in [4.69, 9.17) is 5.11 Å². The second kappa shape index (κ2) is 5.82. The van der Waals surface area contributed by atoms with E-state index < -0.39 is 5.97 Å². The highest BCUT2D eigenvalue weighted by atomic mass is 32.1. The predicted molar refractivity (Wildman–Crippen MR) is 67.7 cm³/mol. The third-order valence-electron chi connectivity index (χ3n) is 2.75. The van der Waals surface area contributed by atoms with Gasteiger partial charge in [0.05, 0.1) is 4.88 Å². The monoisotopic (exact) mass is 255 g/mol. The number of thiophene rings is 1. The smallest absolute Gasteiger partial charge is 0.345 e. The number of aromatic carboxylic acids is 1. The Morgan fingerprint density at radius 1 is 1.35 bits per heavy atom. The van der Waals surface area contributed by atoms with E-state index in [2.05, 4.69) is 0 Å². The zero-order valence-electron chi connectivity index (χ0n) is 10.3. The van der Waals surface area contributed by atoms with Crippen molar-refractivity contribution in [3.05, 3.63) is 21.9 Å². The van der Waals surface area contributed by atoms with Crippen LogP contribution in [-0.2, 0) is 0 Å². The maximum Gasteiger partial charge on any atom is 0.345 e. The highest BCUT2D eigenvalue weighted by Crippen LogP contribution is 2.19. The van der Waals surface area contributed by atoms with Gasteiger partial charge in [-0.15, -0.1) is 11.3 Å². The molecule has 0 aliphatic heterocycles. The third kappa shape index (κ3) is 3.06. The first-order valence-electron chi connectivity index (χ1n) is 5.65. The number of carbonyl (C=O) groups excluding carboxylic acids is 1. The molecule has 1 aromatic rings. The van der Waals surface area contributed by atoms with Crippen LogP contribution in [0.15, 0.2) is 12.1 Å². The van der Waals surface area contributed by atoms with Gasteiger partial charge in [0.1, 0.15) is 4.88 Å². The number of carbonyl (C=O) groups is 2. The lowest BCUT2D eigenvalue weighted by atomic mass is 10.2. The van der Waals surface area contributed by atoms with Crippen LogP contribution in [0.4, 0.5) is 0 Å². The van der Waals surface area contributed by atoms with Crippen LogP contribution in [0.1, 0.15) is 46.5 Å².